The Bertz CT molecular complexity index is 473. The molecule has 0 aromatic heterocycles. The van der Waals surface area contributed by atoms with Crippen molar-refractivity contribution in [3.05, 3.63) is 35.4 Å². The highest BCUT2D eigenvalue weighted by atomic mass is 16.5. The number of carbonyl (C=O) groups is 1. The number of aliphatic hydroxyl groups is 1. The quantitative estimate of drug-likeness (QED) is 0.780. The van der Waals surface area contributed by atoms with Crippen LogP contribution in [0.1, 0.15) is 17.5 Å². The lowest BCUT2D eigenvalue weighted by Gasteiger charge is -2.28. The molecular formula is C17H26N2O3. The Morgan fingerprint density at radius 2 is 2.18 bits per heavy atom. The van der Waals surface area contributed by atoms with Crippen molar-refractivity contribution in [3.63, 3.8) is 0 Å². The summed E-state index contributed by atoms with van der Waals surface area (Å²) < 4.78 is 5.27. The standard InChI is InChI=1S/C17H26N2O3/c1-14-3-2-4-15(11-14)5-6-17(21)18-12-16(20)13-19-7-9-22-10-8-19/h2-4,11,16,20H,5-10,12-13H2,1H3,(H,18,21). The number of rotatable bonds is 7. The summed E-state index contributed by atoms with van der Waals surface area (Å²) in [5.74, 6) is -0.0115. The molecule has 22 heavy (non-hydrogen) atoms. The molecule has 0 saturated carbocycles. The van der Waals surface area contributed by atoms with Crippen molar-refractivity contribution < 1.29 is 14.6 Å². The van der Waals surface area contributed by atoms with Gasteiger partial charge in [0.05, 0.1) is 19.3 Å². The summed E-state index contributed by atoms with van der Waals surface area (Å²) in [6.45, 7) is 6.07. The van der Waals surface area contributed by atoms with Gasteiger partial charge in [0.1, 0.15) is 0 Å². The van der Waals surface area contributed by atoms with Gasteiger partial charge in [-0.2, -0.15) is 0 Å². The van der Waals surface area contributed by atoms with Gasteiger partial charge in [0, 0.05) is 32.6 Å². The molecule has 1 aromatic carbocycles. The summed E-state index contributed by atoms with van der Waals surface area (Å²) >= 11 is 0. The maximum atomic E-state index is 11.8. The van der Waals surface area contributed by atoms with Gasteiger partial charge in [-0.05, 0) is 18.9 Å². The van der Waals surface area contributed by atoms with Crippen molar-refractivity contribution in [2.45, 2.75) is 25.9 Å². The van der Waals surface area contributed by atoms with Crippen LogP contribution in [0.5, 0.6) is 0 Å². The second-order valence-electron chi connectivity index (χ2n) is 5.86. The number of nitrogens with one attached hydrogen (secondary N) is 1. The molecule has 1 heterocycles. The normalized spacial score (nSPS) is 17.2. The number of aryl methyl sites for hydroxylation is 2. The Morgan fingerprint density at radius 3 is 2.91 bits per heavy atom. The number of hydrogen-bond donors (Lipinski definition) is 2. The zero-order chi connectivity index (χ0) is 15.8. The minimum atomic E-state index is -0.527. The molecule has 1 amide bonds. The highest BCUT2D eigenvalue weighted by molar-refractivity contribution is 5.76. The van der Waals surface area contributed by atoms with E-state index in [1.54, 1.807) is 0 Å². The molecule has 1 atom stereocenters. The molecule has 0 aliphatic carbocycles. The largest absolute Gasteiger partial charge is 0.390 e. The molecule has 5 heteroatoms. The maximum Gasteiger partial charge on any atom is 0.220 e. The molecule has 5 nitrogen and oxygen atoms in total. The van der Waals surface area contributed by atoms with Crippen LogP contribution in [0.3, 0.4) is 0 Å². The highest BCUT2D eigenvalue weighted by Crippen LogP contribution is 2.06. The predicted octanol–water partition coefficient (Wildman–Crippen LogP) is 0.737. The van der Waals surface area contributed by atoms with Gasteiger partial charge in [-0.15, -0.1) is 0 Å². The van der Waals surface area contributed by atoms with Gasteiger partial charge >= 0.3 is 0 Å². The summed E-state index contributed by atoms with van der Waals surface area (Å²) in [5, 5.41) is 12.8. The van der Waals surface area contributed by atoms with Crippen molar-refractivity contribution >= 4 is 5.91 Å². The number of hydrogen-bond acceptors (Lipinski definition) is 4. The minimum absolute atomic E-state index is 0.0115. The molecule has 122 valence electrons. The summed E-state index contributed by atoms with van der Waals surface area (Å²) in [6.07, 6.45) is 0.655. The van der Waals surface area contributed by atoms with E-state index < -0.39 is 6.10 Å². The molecular weight excluding hydrogens is 280 g/mol. The Hall–Kier alpha value is -1.43. The zero-order valence-electron chi connectivity index (χ0n) is 13.3. The smallest absolute Gasteiger partial charge is 0.220 e. The van der Waals surface area contributed by atoms with Gasteiger partial charge in [0.25, 0.3) is 0 Å². The first-order valence-corrected chi connectivity index (χ1v) is 7.94. The zero-order valence-corrected chi connectivity index (χ0v) is 13.3. The second kappa shape index (κ2) is 8.88. The van der Waals surface area contributed by atoms with Crippen LogP contribution in [-0.2, 0) is 16.0 Å². The third-order valence-electron chi connectivity index (χ3n) is 3.83. The number of carbonyl (C=O) groups excluding carboxylic acids is 1. The van der Waals surface area contributed by atoms with Crippen molar-refractivity contribution in [1.82, 2.24) is 10.2 Å². The number of ether oxygens (including phenoxy) is 1. The van der Waals surface area contributed by atoms with Gasteiger partial charge in [-0.1, -0.05) is 29.8 Å². The van der Waals surface area contributed by atoms with Crippen molar-refractivity contribution in [2.24, 2.45) is 0 Å². The molecule has 0 bridgehead atoms. The average molecular weight is 306 g/mol. The molecule has 0 spiro atoms. The molecule has 1 saturated heterocycles. The third-order valence-corrected chi connectivity index (χ3v) is 3.83. The second-order valence-corrected chi connectivity index (χ2v) is 5.86. The lowest BCUT2D eigenvalue weighted by molar-refractivity contribution is -0.121. The van der Waals surface area contributed by atoms with Crippen LogP contribution in [0.25, 0.3) is 0 Å². The van der Waals surface area contributed by atoms with Crippen LogP contribution >= 0.6 is 0 Å². The number of aliphatic hydroxyl groups excluding tert-OH is 1. The first-order chi connectivity index (χ1) is 10.6. The fraction of sp³-hybridized carbons (Fsp3) is 0.588. The third kappa shape index (κ3) is 6.13. The fourth-order valence-electron chi connectivity index (χ4n) is 2.59. The van der Waals surface area contributed by atoms with E-state index >= 15 is 0 Å². The summed E-state index contributed by atoms with van der Waals surface area (Å²) in [5.41, 5.74) is 2.38. The van der Waals surface area contributed by atoms with E-state index in [9.17, 15) is 9.90 Å². The predicted molar refractivity (Wildman–Crippen MR) is 85.8 cm³/mol. The molecule has 1 unspecified atom stereocenters. The van der Waals surface area contributed by atoms with Crippen LogP contribution < -0.4 is 5.32 Å². The first-order valence-electron chi connectivity index (χ1n) is 7.94. The van der Waals surface area contributed by atoms with Crippen LogP contribution in [0.2, 0.25) is 0 Å². The highest BCUT2D eigenvalue weighted by Gasteiger charge is 2.15. The van der Waals surface area contributed by atoms with E-state index in [4.69, 9.17) is 4.74 Å². The van der Waals surface area contributed by atoms with E-state index in [-0.39, 0.29) is 5.91 Å². The van der Waals surface area contributed by atoms with Gasteiger partial charge in [0.2, 0.25) is 5.91 Å². The Balaban J connectivity index is 1.62. The molecule has 0 radical (unpaired) electrons. The van der Waals surface area contributed by atoms with Gasteiger partial charge < -0.3 is 15.2 Å². The molecule has 2 N–H and O–H groups in total. The number of morpholine rings is 1. The average Bonchev–Trinajstić information content (AvgIpc) is 2.52. The Kier molecular flexibility index (Phi) is 6.83. The molecule has 1 aliphatic heterocycles. The molecule has 1 aliphatic rings. The molecule has 1 aromatic rings. The van der Waals surface area contributed by atoms with Gasteiger partial charge in [-0.3, -0.25) is 9.69 Å². The number of amides is 1. The van der Waals surface area contributed by atoms with Crippen molar-refractivity contribution in [3.8, 4) is 0 Å². The van der Waals surface area contributed by atoms with Crippen LogP contribution in [0, 0.1) is 6.92 Å². The van der Waals surface area contributed by atoms with E-state index in [0.29, 0.717) is 19.5 Å². The number of benzene rings is 1. The number of nitrogens with zero attached hydrogens (tertiary/aromatic N) is 1. The minimum Gasteiger partial charge on any atom is -0.390 e. The van der Waals surface area contributed by atoms with Gasteiger partial charge in [-0.25, -0.2) is 0 Å². The SMILES string of the molecule is Cc1cccc(CCC(=O)NCC(O)CN2CCOCC2)c1. The molecule has 2 rings (SSSR count). The Labute approximate surface area is 132 Å². The topological polar surface area (TPSA) is 61.8 Å². The van der Waals surface area contributed by atoms with Crippen LogP contribution in [0.15, 0.2) is 24.3 Å². The lowest BCUT2D eigenvalue weighted by atomic mass is 10.1. The van der Waals surface area contributed by atoms with E-state index in [0.717, 1.165) is 32.7 Å². The Morgan fingerprint density at radius 1 is 1.41 bits per heavy atom. The van der Waals surface area contributed by atoms with Crippen LogP contribution in [-0.4, -0.2) is 61.4 Å². The van der Waals surface area contributed by atoms with E-state index in [2.05, 4.69) is 16.3 Å². The summed E-state index contributed by atoms with van der Waals surface area (Å²) in [6, 6.07) is 8.19. The first kappa shape index (κ1) is 16.9. The van der Waals surface area contributed by atoms with Crippen molar-refractivity contribution in [2.75, 3.05) is 39.4 Å². The van der Waals surface area contributed by atoms with Crippen LogP contribution in [0.4, 0.5) is 0 Å². The lowest BCUT2D eigenvalue weighted by Crippen LogP contribution is -2.44. The van der Waals surface area contributed by atoms with Crippen molar-refractivity contribution in [1.29, 1.82) is 0 Å². The monoisotopic (exact) mass is 306 g/mol. The summed E-state index contributed by atoms with van der Waals surface area (Å²) in [7, 11) is 0. The summed E-state index contributed by atoms with van der Waals surface area (Å²) in [4.78, 5) is 14.0. The van der Waals surface area contributed by atoms with E-state index in [1.807, 2.05) is 25.1 Å². The number of β-amino-alcohol motifs (C(OH)–C–C–N with tert-alkyl or cyclic N) is 1. The molecule has 1 fully saturated rings. The van der Waals surface area contributed by atoms with E-state index in [1.165, 1.54) is 11.1 Å². The maximum absolute atomic E-state index is 11.8. The fourth-order valence-corrected chi connectivity index (χ4v) is 2.59. The van der Waals surface area contributed by atoms with Gasteiger partial charge in [0.15, 0.2) is 0 Å².